The number of hydrogen-bond acceptors (Lipinski definition) is 8. The highest BCUT2D eigenvalue weighted by atomic mass is 16.7. The van der Waals surface area contributed by atoms with Gasteiger partial charge < -0.3 is 40.3 Å². The summed E-state index contributed by atoms with van der Waals surface area (Å²) in [5.41, 5.74) is 0. The molecule has 0 spiro atoms. The minimum Gasteiger partial charge on any atom is -0.394 e. The average molecular weight is 766 g/mol. The summed E-state index contributed by atoms with van der Waals surface area (Å²) in [6, 6.07) is -0.821. The summed E-state index contributed by atoms with van der Waals surface area (Å²) in [7, 11) is 0. The molecule has 6 N–H and O–H groups in total. The molecule has 1 rings (SSSR count). The number of aliphatic hydroxyl groups is 5. The second kappa shape index (κ2) is 35.8. The fraction of sp³-hybridized carbons (Fsp3) is 0.844. The van der Waals surface area contributed by atoms with E-state index in [1.54, 1.807) is 6.08 Å². The number of hydrogen-bond donors (Lipinski definition) is 6. The first-order chi connectivity index (χ1) is 26.3. The molecule has 9 heteroatoms. The molecule has 54 heavy (non-hydrogen) atoms. The normalized spacial score (nSPS) is 21.8. The molecule has 316 valence electrons. The third-order valence-corrected chi connectivity index (χ3v) is 10.4. The zero-order valence-corrected chi connectivity index (χ0v) is 34.5. The van der Waals surface area contributed by atoms with Crippen LogP contribution in [0.15, 0.2) is 36.5 Å². The molecule has 0 radical (unpaired) electrons. The summed E-state index contributed by atoms with van der Waals surface area (Å²) in [6.45, 7) is 3.73. The van der Waals surface area contributed by atoms with Crippen LogP contribution in [0.3, 0.4) is 0 Å². The molecule has 0 aromatic heterocycles. The van der Waals surface area contributed by atoms with Crippen molar-refractivity contribution in [2.45, 2.75) is 230 Å². The van der Waals surface area contributed by atoms with Crippen molar-refractivity contribution in [2.24, 2.45) is 0 Å². The van der Waals surface area contributed by atoms with Gasteiger partial charge in [-0.3, -0.25) is 4.79 Å². The van der Waals surface area contributed by atoms with Gasteiger partial charge in [-0.1, -0.05) is 159 Å². The van der Waals surface area contributed by atoms with E-state index in [0.29, 0.717) is 6.42 Å². The van der Waals surface area contributed by atoms with E-state index >= 15 is 0 Å². The molecule has 0 aliphatic carbocycles. The summed E-state index contributed by atoms with van der Waals surface area (Å²) in [5.74, 6) is -0.193. The summed E-state index contributed by atoms with van der Waals surface area (Å²) >= 11 is 0. The van der Waals surface area contributed by atoms with Crippen LogP contribution in [-0.4, -0.2) is 87.5 Å². The summed E-state index contributed by atoms with van der Waals surface area (Å²) in [6.07, 6.45) is 36.1. The number of allylic oxidation sites excluding steroid dienone is 5. The average Bonchev–Trinajstić information content (AvgIpc) is 3.17. The second-order valence-corrected chi connectivity index (χ2v) is 15.5. The molecule has 1 aliphatic rings. The Bertz CT molecular complexity index is 941. The van der Waals surface area contributed by atoms with E-state index in [1.807, 2.05) is 6.08 Å². The lowest BCUT2D eigenvalue weighted by Gasteiger charge is -2.40. The van der Waals surface area contributed by atoms with Crippen molar-refractivity contribution in [1.29, 1.82) is 0 Å². The largest absolute Gasteiger partial charge is 0.394 e. The molecule has 1 amide bonds. The van der Waals surface area contributed by atoms with Gasteiger partial charge in [-0.2, -0.15) is 0 Å². The molecule has 9 nitrogen and oxygen atoms in total. The number of nitrogens with one attached hydrogen (secondary N) is 1. The topological polar surface area (TPSA) is 149 Å². The summed E-state index contributed by atoms with van der Waals surface area (Å²) in [4.78, 5) is 12.9. The van der Waals surface area contributed by atoms with Crippen LogP contribution < -0.4 is 5.32 Å². The Hall–Kier alpha value is -1.59. The van der Waals surface area contributed by atoms with Crippen molar-refractivity contribution in [3.63, 3.8) is 0 Å². The predicted molar refractivity (Wildman–Crippen MR) is 221 cm³/mol. The standard InChI is InChI=1S/C45H83NO8/c1-3-5-7-9-11-13-15-17-19-21-22-24-26-28-30-32-34-39(48)38(37-53-45-44(52)43(51)42(50)40(36-47)54-45)46-41(49)35-33-31-29-27-25-23-20-18-16-14-12-10-8-6-4-2/h14,16,24,26,32,34,38-40,42-45,47-48,50-52H,3-13,15,17-23,25,27-31,33,35-37H2,1-2H3,(H,46,49)/b16-14-,26-24+,34-32+. The van der Waals surface area contributed by atoms with Gasteiger partial charge >= 0.3 is 0 Å². The van der Waals surface area contributed by atoms with Crippen LogP contribution in [0.2, 0.25) is 0 Å². The highest BCUT2D eigenvalue weighted by Gasteiger charge is 2.44. The molecule has 7 atom stereocenters. The Balaban J connectivity index is 2.41. The minimum atomic E-state index is -1.57. The Morgan fingerprint density at radius 2 is 1.06 bits per heavy atom. The lowest BCUT2D eigenvalue weighted by atomic mass is 9.99. The number of unbranched alkanes of at least 4 members (excludes halogenated alkanes) is 22. The Labute approximate surface area is 330 Å². The van der Waals surface area contributed by atoms with Gasteiger partial charge in [0, 0.05) is 6.42 Å². The molecule has 0 aromatic rings. The Morgan fingerprint density at radius 1 is 0.611 bits per heavy atom. The second-order valence-electron chi connectivity index (χ2n) is 15.5. The van der Waals surface area contributed by atoms with Crippen LogP contribution in [-0.2, 0) is 14.3 Å². The first-order valence-corrected chi connectivity index (χ1v) is 22.2. The third kappa shape index (κ3) is 26.3. The maximum absolute atomic E-state index is 12.9. The maximum Gasteiger partial charge on any atom is 0.220 e. The number of amides is 1. The smallest absolute Gasteiger partial charge is 0.220 e. The molecule has 0 aromatic carbocycles. The van der Waals surface area contributed by atoms with E-state index in [2.05, 4.69) is 43.5 Å². The summed E-state index contributed by atoms with van der Waals surface area (Å²) < 4.78 is 11.2. The molecule has 0 saturated carbocycles. The van der Waals surface area contributed by atoms with Gasteiger partial charge in [0.1, 0.15) is 24.4 Å². The van der Waals surface area contributed by atoms with Gasteiger partial charge in [0.25, 0.3) is 0 Å². The Morgan fingerprint density at radius 3 is 1.57 bits per heavy atom. The van der Waals surface area contributed by atoms with Crippen LogP contribution in [0.1, 0.15) is 187 Å². The highest BCUT2D eigenvalue weighted by molar-refractivity contribution is 5.76. The number of carbonyl (C=O) groups is 1. The fourth-order valence-corrected chi connectivity index (χ4v) is 6.81. The van der Waals surface area contributed by atoms with E-state index < -0.39 is 49.5 Å². The van der Waals surface area contributed by atoms with E-state index in [9.17, 15) is 30.3 Å². The first-order valence-electron chi connectivity index (χ1n) is 22.2. The van der Waals surface area contributed by atoms with Crippen molar-refractivity contribution < 1.29 is 39.8 Å². The van der Waals surface area contributed by atoms with Gasteiger partial charge in [0.2, 0.25) is 5.91 Å². The molecule has 1 fully saturated rings. The fourth-order valence-electron chi connectivity index (χ4n) is 6.81. The van der Waals surface area contributed by atoms with Crippen molar-refractivity contribution in [3.05, 3.63) is 36.5 Å². The molecule has 0 bridgehead atoms. The third-order valence-electron chi connectivity index (χ3n) is 10.4. The number of rotatable bonds is 36. The Kier molecular flexibility index (Phi) is 33.4. The van der Waals surface area contributed by atoms with Crippen molar-refractivity contribution in [1.82, 2.24) is 5.32 Å². The van der Waals surface area contributed by atoms with Crippen LogP contribution in [0.4, 0.5) is 0 Å². The SMILES string of the molecule is CCCCCC/C=C\CCCCCCCCCC(=O)NC(COC1OC(CO)C(O)C(O)C1O)C(O)/C=C/CC/C=C/CCCCCCCCCCCC. The number of ether oxygens (including phenoxy) is 2. The van der Waals surface area contributed by atoms with Crippen molar-refractivity contribution >= 4 is 5.91 Å². The van der Waals surface area contributed by atoms with E-state index in [-0.39, 0.29) is 12.5 Å². The monoisotopic (exact) mass is 766 g/mol. The van der Waals surface area contributed by atoms with Crippen LogP contribution in [0.25, 0.3) is 0 Å². The van der Waals surface area contributed by atoms with Crippen LogP contribution in [0, 0.1) is 0 Å². The molecular formula is C45H83NO8. The van der Waals surface area contributed by atoms with Gasteiger partial charge in [0.15, 0.2) is 6.29 Å². The van der Waals surface area contributed by atoms with Gasteiger partial charge in [-0.25, -0.2) is 0 Å². The van der Waals surface area contributed by atoms with Crippen molar-refractivity contribution in [2.75, 3.05) is 13.2 Å². The van der Waals surface area contributed by atoms with Gasteiger partial charge in [-0.15, -0.1) is 0 Å². The predicted octanol–water partition coefficient (Wildman–Crippen LogP) is 8.89. The molecule has 7 unspecified atom stereocenters. The lowest BCUT2D eigenvalue weighted by molar-refractivity contribution is -0.302. The maximum atomic E-state index is 12.9. The molecule has 1 heterocycles. The van der Waals surface area contributed by atoms with Gasteiger partial charge in [0.05, 0.1) is 25.4 Å². The quantitative estimate of drug-likeness (QED) is 0.0274. The number of aliphatic hydroxyl groups excluding tert-OH is 5. The van der Waals surface area contributed by atoms with Crippen LogP contribution >= 0.6 is 0 Å². The molecule has 1 saturated heterocycles. The minimum absolute atomic E-state index is 0.193. The van der Waals surface area contributed by atoms with E-state index in [4.69, 9.17) is 9.47 Å². The van der Waals surface area contributed by atoms with Crippen molar-refractivity contribution in [3.8, 4) is 0 Å². The number of carbonyl (C=O) groups excluding carboxylic acids is 1. The van der Waals surface area contributed by atoms with E-state index in [0.717, 1.165) is 51.4 Å². The highest BCUT2D eigenvalue weighted by Crippen LogP contribution is 2.22. The van der Waals surface area contributed by atoms with Gasteiger partial charge in [-0.05, 0) is 57.8 Å². The zero-order valence-electron chi connectivity index (χ0n) is 34.5. The lowest BCUT2D eigenvalue weighted by Crippen LogP contribution is -2.60. The summed E-state index contributed by atoms with van der Waals surface area (Å²) in [5, 5.41) is 54.1. The molecular weight excluding hydrogens is 682 g/mol. The first kappa shape index (κ1) is 50.4. The van der Waals surface area contributed by atoms with Crippen LogP contribution in [0.5, 0.6) is 0 Å². The zero-order chi connectivity index (χ0) is 39.5. The van der Waals surface area contributed by atoms with E-state index in [1.165, 1.54) is 116 Å². The molecule has 1 aliphatic heterocycles.